The number of carbonyl (C=O) groups is 1. The van der Waals surface area contributed by atoms with Crippen LogP contribution >= 0.6 is 0 Å². The SMILES string of the molecule is Cc1cc(-c2c(C)cc3c(c2NC(=O)NS(=O)(=O)c2ccn(C4CC(=C(F)F)C4)n2)CCC3)ccn1. The maximum atomic E-state index is 13.0. The summed E-state index contributed by atoms with van der Waals surface area (Å²) in [4.78, 5) is 17.2. The molecular formula is C25H25F2N5O3S. The summed E-state index contributed by atoms with van der Waals surface area (Å²) in [6.45, 7) is 3.85. The maximum absolute atomic E-state index is 13.0. The molecule has 2 aliphatic rings. The Hall–Kier alpha value is -3.60. The molecule has 0 aliphatic heterocycles. The molecule has 0 unspecified atom stereocenters. The Morgan fingerprint density at radius 3 is 2.64 bits per heavy atom. The van der Waals surface area contributed by atoms with Crippen LogP contribution in [0.4, 0.5) is 19.3 Å². The van der Waals surface area contributed by atoms with Crippen LogP contribution in [0, 0.1) is 13.8 Å². The fraction of sp³-hybridized carbons (Fsp3) is 0.320. The number of amides is 2. The molecule has 2 aromatic heterocycles. The molecule has 2 aliphatic carbocycles. The van der Waals surface area contributed by atoms with Gasteiger partial charge in [0.05, 0.1) is 11.7 Å². The van der Waals surface area contributed by atoms with E-state index >= 15 is 0 Å². The third kappa shape index (κ3) is 4.50. The average Bonchev–Trinajstić information content (AvgIpc) is 3.42. The zero-order chi connectivity index (χ0) is 25.6. The van der Waals surface area contributed by atoms with Gasteiger partial charge >= 0.3 is 6.03 Å². The minimum Gasteiger partial charge on any atom is -0.306 e. The molecular weight excluding hydrogens is 488 g/mol. The van der Waals surface area contributed by atoms with E-state index in [0.29, 0.717) is 5.69 Å². The molecule has 0 saturated heterocycles. The van der Waals surface area contributed by atoms with Crippen LogP contribution in [0.3, 0.4) is 0 Å². The number of halogens is 2. The number of allylic oxidation sites excluding steroid dienone is 1. The van der Waals surface area contributed by atoms with Crippen molar-refractivity contribution in [2.45, 2.75) is 57.0 Å². The van der Waals surface area contributed by atoms with Crippen molar-refractivity contribution < 1.29 is 22.0 Å². The summed E-state index contributed by atoms with van der Waals surface area (Å²) in [7, 11) is -4.28. The predicted molar refractivity (Wildman–Crippen MR) is 130 cm³/mol. The van der Waals surface area contributed by atoms with E-state index in [0.717, 1.165) is 52.8 Å². The average molecular weight is 514 g/mol. The highest BCUT2D eigenvalue weighted by atomic mass is 32.2. The topological polar surface area (TPSA) is 106 Å². The lowest BCUT2D eigenvalue weighted by atomic mass is 9.87. The maximum Gasteiger partial charge on any atom is 0.333 e. The lowest BCUT2D eigenvalue weighted by Crippen LogP contribution is -2.35. The second-order valence-electron chi connectivity index (χ2n) is 9.24. The second kappa shape index (κ2) is 9.12. The van der Waals surface area contributed by atoms with Gasteiger partial charge in [0.1, 0.15) is 0 Å². The van der Waals surface area contributed by atoms with Crippen molar-refractivity contribution in [3.63, 3.8) is 0 Å². The van der Waals surface area contributed by atoms with E-state index in [2.05, 4.69) is 21.5 Å². The number of pyridine rings is 1. The van der Waals surface area contributed by atoms with Gasteiger partial charge in [0.15, 0.2) is 5.03 Å². The largest absolute Gasteiger partial charge is 0.333 e. The highest BCUT2D eigenvalue weighted by molar-refractivity contribution is 7.90. The standard InChI is InChI=1S/C25H25F2N5O3S/c1-14-10-16-4-3-5-20(16)23(22(14)17-6-8-28-15(2)11-17)29-25(33)31-36(34,35)21-7-9-32(30-21)19-12-18(13-19)24(26)27/h6-11,19H,3-5,12-13H2,1-2H3,(H2,29,31,33). The number of nitrogens with one attached hydrogen (secondary N) is 2. The second-order valence-corrected chi connectivity index (χ2v) is 10.9. The Bertz CT molecular complexity index is 1500. The van der Waals surface area contributed by atoms with Crippen LogP contribution in [-0.4, -0.2) is 29.2 Å². The summed E-state index contributed by atoms with van der Waals surface area (Å²) in [6, 6.07) is 5.92. The number of rotatable bonds is 5. The number of benzene rings is 1. The molecule has 36 heavy (non-hydrogen) atoms. The summed E-state index contributed by atoms with van der Waals surface area (Å²) in [5.41, 5.74) is 6.27. The van der Waals surface area contributed by atoms with Crippen molar-refractivity contribution in [1.29, 1.82) is 0 Å². The minimum absolute atomic E-state index is 0.0447. The highest BCUT2D eigenvalue weighted by Gasteiger charge is 2.31. The Morgan fingerprint density at radius 2 is 1.92 bits per heavy atom. The molecule has 1 aromatic carbocycles. The van der Waals surface area contributed by atoms with Crippen LogP contribution in [0.15, 0.2) is 53.3 Å². The molecule has 0 spiro atoms. The van der Waals surface area contributed by atoms with Gasteiger partial charge in [-0.1, -0.05) is 6.07 Å². The fourth-order valence-electron chi connectivity index (χ4n) is 4.94. The normalized spacial score (nSPS) is 16.9. The van der Waals surface area contributed by atoms with Gasteiger partial charge in [-0.15, -0.1) is 0 Å². The van der Waals surface area contributed by atoms with E-state index in [1.54, 1.807) is 6.20 Å². The quantitative estimate of drug-likeness (QED) is 0.497. The number of urea groups is 1. The zero-order valence-corrected chi connectivity index (χ0v) is 20.6. The number of anilines is 1. The molecule has 2 heterocycles. The Labute approximate surface area is 207 Å². The van der Waals surface area contributed by atoms with Crippen LogP contribution in [0.2, 0.25) is 0 Å². The fourth-order valence-corrected chi connectivity index (χ4v) is 5.78. The molecule has 2 amide bonds. The number of sulfonamides is 1. The van der Waals surface area contributed by atoms with E-state index in [-0.39, 0.29) is 29.5 Å². The summed E-state index contributed by atoms with van der Waals surface area (Å²) in [6.07, 6.45) is 4.27. The van der Waals surface area contributed by atoms with Crippen molar-refractivity contribution >= 4 is 21.7 Å². The molecule has 5 rings (SSSR count). The van der Waals surface area contributed by atoms with Gasteiger partial charge in [-0.25, -0.2) is 9.52 Å². The van der Waals surface area contributed by atoms with Crippen LogP contribution in [0.5, 0.6) is 0 Å². The number of fused-ring (bicyclic) bond motifs is 1. The molecule has 1 fully saturated rings. The third-order valence-electron chi connectivity index (χ3n) is 6.71. The lowest BCUT2D eigenvalue weighted by molar-refractivity contribution is 0.256. The van der Waals surface area contributed by atoms with E-state index in [9.17, 15) is 22.0 Å². The van der Waals surface area contributed by atoms with Gasteiger partial charge < -0.3 is 5.32 Å². The summed E-state index contributed by atoms with van der Waals surface area (Å²) in [5, 5.41) is 6.46. The summed E-state index contributed by atoms with van der Waals surface area (Å²) in [5.74, 6) is 0. The molecule has 188 valence electrons. The van der Waals surface area contributed by atoms with Crippen molar-refractivity contribution in [2.24, 2.45) is 0 Å². The third-order valence-corrected chi connectivity index (χ3v) is 7.94. The Balaban J connectivity index is 1.39. The molecule has 8 nitrogen and oxygen atoms in total. The van der Waals surface area contributed by atoms with Crippen LogP contribution in [-0.2, 0) is 22.9 Å². The first kappa shape index (κ1) is 24.1. The molecule has 1 saturated carbocycles. The van der Waals surface area contributed by atoms with Gasteiger partial charge in [-0.3, -0.25) is 9.67 Å². The van der Waals surface area contributed by atoms with Crippen molar-refractivity contribution in [1.82, 2.24) is 19.5 Å². The highest BCUT2D eigenvalue weighted by Crippen LogP contribution is 2.41. The van der Waals surface area contributed by atoms with Crippen molar-refractivity contribution in [2.75, 3.05) is 5.32 Å². The van der Waals surface area contributed by atoms with E-state index < -0.39 is 22.1 Å². The van der Waals surface area contributed by atoms with Crippen LogP contribution in [0.25, 0.3) is 11.1 Å². The summed E-state index contributed by atoms with van der Waals surface area (Å²) < 4.78 is 54.4. The molecule has 11 heteroatoms. The van der Waals surface area contributed by atoms with E-state index in [1.165, 1.54) is 16.9 Å². The first-order chi connectivity index (χ1) is 17.1. The van der Waals surface area contributed by atoms with E-state index in [4.69, 9.17) is 0 Å². The predicted octanol–water partition coefficient (Wildman–Crippen LogP) is 5.05. The smallest absolute Gasteiger partial charge is 0.306 e. The molecule has 0 radical (unpaired) electrons. The monoisotopic (exact) mass is 513 g/mol. The molecule has 0 bridgehead atoms. The number of hydrogen-bond donors (Lipinski definition) is 2. The first-order valence-electron chi connectivity index (χ1n) is 11.6. The van der Waals surface area contributed by atoms with Gasteiger partial charge in [-0.2, -0.15) is 22.3 Å². The van der Waals surface area contributed by atoms with Crippen LogP contribution in [0.1, 0.15) is 47.7 Å². The molecule has 2 N–H and O–H groups in total. The summed E-state index contributed by atoms with van der Waals surface area (Å²) >= 11 is 0. The minimum atomic E-state index is -4.28. The number of aromatic nitrogens is 3. The van der Waals surface area contributed by atoms with Crippen LogP contribution < -0.4 is 10.0 Å². The first-order valence-corrected chi connectivity index (χ1v) is 13.1. The molecule has 3 aromatic rings. The number of hydrogen-bond acceptors (Lipinski definition) is 5. The van der Waals surface area contributed by atoms with Gasteiger partial charge in [0.2, 0.25) is 0 Å². The van der Waals surface area contributed by atoms with Gasteiger partial charge in [0.25, 0.3) is 16.1 Å². The number of carbonyl (C=O) groups excluding carboxylic acids is 1. The van der Waals surface area contributed by atoms with Gasteiger partial charge in [0, 0.05) is 23.7 Å². The number of nitrogens with zero attached hydrogens (tertiary/aromatic N) is 3. The molecule has 0 atom stereocenters. The van der Waals surface area contributed by atoms with Crippen molar-refractivity contribution in [3.8, 4) is 11.1 Å². The zero-order valence-electron chi connectivity index (χ0n) is 19.8. The lowest BCUT2D eigenvalue weighted by Gasteiger charge is -2.28. The van der Waals surface area contributed by atoms with E-state index in [1.807, 2.05) is 30.7 Å². The van der Waals surface area contributed by atoms with Gasteiger partial charge in [-0.05, 0) is 92.0 Å². The number of aryl methyl sites for hydroxylation is 3. The Morgan fingerprint density at radius 1 is 1.14 bits per heavy atom. The van der Waals surface area contributed by atoms with Crippen molar-refractivity contribution in [3.05, 3.63) is 70.7 Å². The Kier molecular flexibility index (Phi) is 6.11.